The third kappa shape index (κ3) is 5.02. The lowest BCUT2D eigenvalue weighted by Crippen LogP contribution is -2.11. The van der Waals surface area contributed by atoms with Crippen LogP contribution in [0.4, 0.5) is 5.69 Å². The van der Waals surface area contributed by atoms with Gasteiger partial charge >= 0.3 is 7.60 Å². The van der Waals surface area contributed by atoms with Gasteiger partial charge in [-0.15, -0.1) is 11.3 Å². The SMILES string of the molecule is CCOP(=O)(Cc1ccc(NC(=O)c2ccc3ncsc3c2)cc1)OCC. The summed E-state index contributed by atoms with van der Waals surface area (Å²) in [6.07, 6.45) is 0.199. The van der Waals surface area contributed by atoms with Gasteiger partial charge in [-0.2, -0.15) is 0 Å². The molecule has 1 heterocycles. The fourth-order valence-electron chi connectivity index (χ4n) is 2.64. The highest BCUT2D eigenvalue weighted by Gasteiger charge is 2.23. The molecule has 1 aromatic heterocycles. The fraction of sp³-hybridized carbons (Fsp3) is 0.263. The number of hydrogen-bond acceptors (Lipinski definition) is 6. The molecule has 0 aliphatic carbocycles. The molecule has 1 N–H and O–H groups in total. The average Bonchev–Trinajstić information content (AvgIpc) is 3.11. The van der Waals surface area contributed by atoms with Crippen LogP contribution in [0.5, 0.6) is 0 Å². The van der Waals surface area contributed by atoms with Crippen molar-refractivity contribution in [1.82, 2.24) is 4.98 Å². The third-order valence-electron chi connectivity index (χ3n) is 3.83. The Hall–Kier alpha value is -2.05. The maximum absolute atomic E-state index is 12.6. The van der Waals surface area contributed by atoms with Crippen molar-refractivity contribution in [3.63, 3.8) is 0 Å². The van der Waals surface area contributed by atoms with E-state index in [4.69, 9.17) is 9.05 Å². The molecular formula is C19H21N2O4PS. The minimum atomic E-state index is -3.14. The first kappa shape index (κ1) is 19.7. The quantitative estimate of drug-likeness (QED) is 0.515. The van der Waals surface area contributed by atoms with E-state index in [9.17, 15) is 9.36 Å². The summed E-state index contributed by atoms with van der Waals surface area (Å²) >= 11 is 1.50. The largest absolute Gasteiger partial charge is 0.335 e. The summed E-state index contributed by atoms with van der Waals surface area (Å²) in [6.45, 7) is 4.23. The molecule has 6 nitrogen and oxygen atoms in total. The van der Waals surface area contributed by atoms with Gasteiger partial charge in [-0.3, -0.25) is 9.36 Å². The van der Waals surface area contributed by atoms with Crippen LogP contribution in [0.1, 0.15) is 29.8 Å². The topological polar surface area (TPSA) is 77.5 Å². The lowest BCUT2D eigenvalue weighted by molar-refractivity contribution is 0.102. The lowest BCUT2D eigenvalue weighted by atomic mass is 10.2. The van der Waals surface area contributed by atoms with Gasteiger partial charge in [0.2, 0.25) is 0 Å². The van der Waals surface area contributed by atoms with Gasteiger partial charge in [0, 0.05) is 11.3 Å². The smallest absolute Gasteiger partial charge is 0.322 e. The van der Waals surface area contributed by atoms with Crippen molar-refractivity contribution in [2.24, 2.45) is 0 Å². The van der Waals surface area contributed by atoms with E-state index in [1.807, 2.05) is 24.3 Å². The van der Waals surface area contributed by atoms with Gasteiger partial charge in [0.15, 0.2) is 0 Å². The second kappa shape index (κ2) is 8.76. The lowest BCUT2D eigenvalue weighted by Gasteiger charge is -2.17. The third-order valence-corrected chi connectivity index (χ3v) is 6.68. The molecule has 8 heteroatoms. The number of rotatable bonds is 8. The zero-order valence-electron chi connectivity index (χ0n) is 15.2. The number of amides is 1. The Kier molecular flexibility index (Phi) is 6.39. The molecule has 0 bridgehead atoms. The molecule has 2 aromatic carbocycles. The molecule has 0 radical (unpaired) electrons. The molecule has 0 fully saturated rings. The fourth-order valence-corrected chi connectivity index (χ4v) is 5.06. The number of thiazole rings is 1. The zero-order chi connectivity index (χ0) is 19.3. The first-order valence-electron chi connectivity index (χ1n) is 8.64. The Bertz CT molecular complexity index is 961. The number of carbonyl (C=O) groups is 1. The van der Waals surface area contributed by atoms with Gasteiger partial charge in [-0.05, 0) is 49.7 Å². The Morgan fingerprint density at radius 2 is 1.81 bits per heavy atom. The Labute approximate surface area is 162 Å². The van der Waals surface area contributed by atoms with Crippen molar-refractivity contribution < 1.29 is 18.4 Å². The van der Waals surface area contributed by atoms with Crippen LogP contribution < -0.4 is 5.32 Å². The van der Waals surface area contributed by atoms with Gasteiger partial charge in [-0.1, -0.05) is 12.1 Å². The second-order valence-electron chi connectivity index (χ2n) is 5.79. The predicted molar refractivity (Wildman–Crippen MR) is 109 cm³/mol. The summed E-state index contributed by atoms with van der Waals surface area (Å²) in [4.78, 5) is 16.7. The Morgan fingerprint density at radius 1 is 1.11 bits per heavy atom. The van der Waals surface area contributed by atoms with Crippen LogP contribution in [0.25, 0.3) is 10.2 Å². The number of nitrogens with one attached hydrogen (secondary N) is 1. The van der Waals surface area contributed by atoms with Gasteiger partial charge in [0.1, 0.15) is 0 Å². The highest BCUT2D eigenvalue weighted by atomic mass is 32.1. The monoisotopic (exact) mass is 404 g/mol. The van der Waals surface area contributed by atoms with Crippen molar-refractivity contribution in [2.75, 3.05) is 18.5 Å². The molecule has 0 saturated heterocycles. The van der Waals surface area contributed by atoms with Crippen molar-refractivity contribution in [2.45, 2.75) is 20.0 Å². The Balaban J connectivity index is 1.67. The van der Waals surface area contributed by atoms with Crippen LogP contribution in [-0.2, 0) is 19.8 Å². The summed E-state index contributed by atoms with van der Waals surface area (Å²) in [5.41, 5.74) is 4.70. The molecule has 0 aliphatic rings. The molecule has 27 heavy (non-hydrogen) atoms. The average molecular weight is 404 g/mol. The van der Waals surface area contributed by atoms with Crippen LogP contribution in [-0.4, -0.2) is 24.1 Å². The zero-order valence-corrected chi connectivity index (χ0v) is 16.9. The van der Waals surface area contributed by atoms with Crippen LogP contribution in [0.2, 0.25) is 0 Å². The van der Waals surface area contributed by atoms with Crippen molar-refractivity contribution in [3.05, 3.63) is 59.1 Å². The second-order valence-corrected chi connectivity index (χ2v) is 8.73. The minimum Gasteiger partial charge on any atom is -0.322 e. The van der Waals surface area contributed by atoms with E-state index in [0.29, 0.717) is 24.5 Å². The summed E-state index contributed by atoms with van der Waals surface area (Å²) in [5, 5.41) is 2.87. The van der Waals surface area contributed by atoms with E-state index < -0.39 is 7.60 Å². The standard InChI is InChI=1S/C19H21N2O4PS/c1-3-24-26(23,25-4-2)12-14-5-8-16(9-6-14)21-19(22)15-7-10-17-18(11-15)27-13-20-17/h5-11,13H,3-4,12H2,1-2H3,(H,21,22). The summed E-state index contributed by atoms with van der Waals surface area (Å²) < 4.78 is 24.2. The number of hydrogen-bond donors (Lipinski definition) is 1. The van der Waals surface area contributed by atoms with Gasteiger partial charge in [0.25, 0.3) is 5.91 Å². The molecule has 3 rings (SSSR count). The maximum Gasteiger partial charge on any atom is 0.335 e. The molecule has 0 atom stereocenters. The van der Waals surface area contributed by atoms with Crippen LogP contribution in [0.3, 0.4) is 0 Å². The number of carbonyl (C=O) groups excluding carboxylic acids is 1. The highest BCUT2D eigenvalue weighted by Crippen LogP contribution is 2.51. The van der Waals surface area contributed by atoms with Crippen molar-refractivity contribution in [1.29, 1.82) is 0 Å². The number of benzene rings is 2. The molecule has 0 unspecified atom stereocenters. The normalized spacial score (nSPS) is 11.6. The van der Waals surface area contributed by atoms with Crippen LogP contribution in [0.15, 0.2) is 48.0 Å². The predicted octanol–water partition coefficient (Wildman–Crippen LogP) is 5.31. The molecule has 3 aromatic rings. The first-order chi connectivity index (χ1) is 13.0. The van der Waals surface area contributed by atoms with Crippen LogP contribution in [0, 0.1) is 0 Å². The summed E-state index contributed by atoms with van der Waals surface area (Å²) in [6, 6.07) is 12.6. The molecule has 0 spiro atoms. The van der Waals surface area contributed by atoms with Crippen molar-refractivity contribution >= 4 is 40.7 Å². The van der Waals surface area contributed by atoms with E-state index in [0.717, 1.165) is 15.8 Å². The molecule has 142 valence electrons. The first-order valence-corrected chi connectivity index (χ1v) is 11.3. The van der Waals surface area contributed by atoms with E-state index in [-0.39, 0.29) is 12.1 Å². The van der Waals surface area contributed by atoms with E-state index in [1.165, 1.54) is 11.3 Å². The van der Waals surface area contributed by atoms with Crippen molar-refractivity contribution in [3.8, 4) is 0 Å². The molecule has 0 aliphatic heterocycles. The van der Waals surface area contributed by atoms with E-state index >= 15 is 0 Å². The minimum absolute atomic E-state index is 0.188. The van der Waals surface area contributed by atoms with Crippen LogP contribution >= 0.6 is 18.9 Å². The summed E-state index contributed by atoms with van der Waals surface area (Å²) in [7, 11) is -3.14. The number of aromatic nitrogens is 1. The van der Waals surface area contributed by atoms with Gasteiger partial charge in [0.05, 0.1) is 35.1 Å². The maximum atomic E-state index is 12.6. The van der Waals surface area contributed by atoms with Gasteiger partial charge in [-0.25, -0.2) is 4.98 Å². The number of anilines is 1. The van der Waals surface area contributed by atoms with E-state index in [2.05, 4.69) is 10.3 Å². The molecular weight excluding hydrogens is 383 g/mol. The Morgan fingerprint density at radius 3 is 2.48 bits per heavy atom. The summed E-state index contributed by atoms with van der Waals surface area (Å²) in [5.74, 6) is -0.188. The molecule has 1 amide bonds. The van der Waals surface area contributed by atoms with Gasteiger partial charge < -0.3 is 14.4 Å². The number of fused-ring (bicyclic) bond motifs is 1. The highest BCUT2D eigenvalue weighted by molar-refractivity contribution is 7.53. The molecule has 0 saturated carbocycles. The number of nitrogens with zero attached hydrogens (tertiary/aromatic N) is 1. The van der Waals surface area contributed by atoms with E-state index in [1.54, 1.807) is 37.6 Å².